The summed E-state index contributed by atoms with van der Waals surface area (Å²) in [6, 6.07) is 10.4. The van der Waals surface area contributed by atoms with Crippen LogP contribution in [-0.4, -0.2) is 0 Å². The third-order valence-electron chi connectivity index (χ3n) is 2.14. The van der Waals surface area contributed by atoms with Gasteiger partial charge in [-0.25, -0.2) is 0 Å². The Kier molecular flexibility index (Phi) is 3.29. The van der Waals surface area contributed by atoms with E-state index in [0.717, 1.165) is 17.3 Å². The Labute approximate surface area is 98.7 Å². The highest BCUT2D eigenvalue weighted by atomic mass is 35.5. The molecule has 0 aliphatic heterocycles. The van der Waals surface area contributed by atoms with Crippen molar-refractivity contribution in [1.82, 2.24) is 0 Å². The van der Waals surface area contributed by atoms with Crippen LogP contribution in [-0.2, 0) is 6.54 Å². The Hall–Kier alpha value is -0.990. The van der Waals surface area contributed by atoms with Crippen molar-refractivity contribution < 1.29 is 0 Å². The second-order valence-electron chi connectivity index (χ2n) is 3.45. The third-order valence-corrected chi connectivity index (χ3v) is 3.42. The van der Waals surface area contributed by atoms with Crippen molar-refractivity contribution in [3.63, 3.8) is 0 Å². The lowest BCUT2D eigenvalue weighted by Crippen LogP contribution is -1.96. The summed E-state index contributed by atoms with van der Waals surface area (Å²) in [6.45, 7) is 2.92. The molecule has 2 aromatic rings. The van der Waals surface area contributed by atoms with Crippen LogP contribution in [0, 0.1) is 6.92 Å². The molecule has 0 saturated carbocycles. The van der Waals surface area contributed by atoms with Crippen molar-refractivity contribution in [3.05, 3.63) is 51.2 Å². The van der Waals surface area contributed by atoms with E-state index in [2.05, 4.69) is 36.5 Å². The maximum Gasteiger partial charge on any atom is 0.0516 e. The van der Waals surface area contributed by atoms with Gasteiger partial charge in [-0.2, -0.15) is 0 Å². The van der Waals surface area contributed by atoms with Crippen molar-refractivity contribution in [1.29, 1.82) is 0 Å². The van der Waals surface area contributed by atoms with E-state index in [1.54, 1.807) is 11.3 Å². The van der Waals surface area contributed by atoms with E-state index >= 15 is 0 Å². The first kappa shape index (κ1) is 10.5. The lowest BCUT2D eigenvalue weighted by atomic mass is 10.2. The van der Waals surface area contributed by atoms with Gasteiger partial charge in [0.25, 0.3) is 0 Å². The number of hydrogen-bond acceptors (Lipinski definition) is 2. The second kappa shape index (κ2) is 4.69. The zero-order valence-corrected chi connectivity index (χ0v) is 10.0. The molecule has 78 valence electrons. The van der Waals surface area contributed by atoms with Crippen molar-refractivity contribution in [2.24, 2.45) is 0 Å². The molecule has 1 heterocycles. The Morgan fingerprint density at radius 2 is 2.00 bits per heavy atom. The molecule has 2 rings (SSSR count). The lowest BCUT2D eigenvalue weighted by Gasteiger charge is -2.04. The smallest absolute Gasteiger partial charge is 0.0516 e. The van der Waals surface area contributed by atoms with Crippen LogP contribution in [0.15, 0.2) is 35.7 Å². The Bertz CT molecular complexity index is 433. The average molecular weight is 238 g/mol. The van der Waals surface area contributed by atoms with Gasteiger partial charge in [0.05, 0.1) is 5.02 Å². The van der Waals surface area contributed by atoms with Gasteiger partial charge in [0.15, 0.2) is 0 Å². The summed E-state index contributed by atoms with van der Waals surface area (Å²) in [5.41, 5.74) is 2.42. The first-order valence-electron chi connectivity index (χ1n) is 4.77. The molecule has 0 spiro atoms. The standard InChI is InChI=1S/C12H12ClNS/c1-9-2-4-11(5-3-9)14-7-12-6-10(13)8-15-12/h2-6,8,14H,7H2,1H3. The molecule has 1 aromatic carbocycles. The van der Waals surface area contributed by atoms with Gasteiger partial charge < -0.3 is 5.32 Å². The minimum atomic E-state index is 0.820. The largest absolute Gasteiger partial charge is 0.380 e. The molecular formula is C12H12ClNS. The number of nitrogens with one attached hydrogen (secondary N) is 1. The van der Waals surface area contributed by atoms with E-state index in [1.807, 2.05) is 11.4 Å². The zero-order valence-electron chi connectivity index (χ0n) is 8.46. The number of hydrogen-bond donors (Lipinski definition) is 1. The van der Waals surface area contributed by atoms with Crippen molar-refractivity contribution >= 4 is 28.6 Å². The molecule has 0 fully saturated rings. The summed E-state index contributed by atoms with van der Waals surface area (Å²) in [5.74, 6) is 0. The molecule has 0 unspecified atom stereocenters. The summed E-state index contributed by atoms with van der Waals surface area (Å²) in [4.78, 5) is 1.25. The van der Waals surface area contributed by atoms with Crippen LogP contribution >= 0.6 is 22.9 Å². The SMILES string of the molecule is Cc1ccc(NCc2cc(Cl)cs2)cc1. The van der Waals surface area contributed by atoms with Gasteiger partial charge in [-0.1, -0.05) is 29.3 Å². The number of benzene rings is 1. The topological polar surface area (TPSA) is 12.0 Å². The Morgan fingerprint density at radius 1 is 1.27 bits per heavy atom. The fraction of sp³-hybridized carbons (Fsp3) is 0.167. The van der Waals surface area contributed by atoms with E-state index in [-0.39, 0.29) is 0 Å². The fourth-order valence-electron chi connectivity index (χ4n) is 1.31. The Morgan fingerprint density at radius 3 is 2.60 bits per heavy atom. The molecule has 1 N–H and O–H groups in total. The van der Waals surface area contributed by atoms with Crippen molar-refractivity contribution in [2.45, 2.75) is 13.5 Å². The molecular weight excluding hydrogens is 226 g/mol. The zero-order chi connectivity index (χ0) is 10.7. The summed E-state index contributed by atoms with van der Waals surface area (Å²) < 4.78 is 0. The second-order valence-corrected chi connectivity index (χ2v) is 4.88. The van der Waals surface area contributed by atoms with Crippen molar-refractivity contribution in [3.8, 4) is 0 Å². The maximum absolute atomic E-state index is 5.85. The molecule has 0 saturated heterocycles. The minimum absolute atomic E-state index is 0.820. The molecule has 1 nitrogen and oxygen atoms in total. The van der Waals surface area contributed by atoms with Gasteiger partial charge in [-0.05, 0) is 25.1 Å². The summed E-state index contributed by atoms with van der Waals surface area (Å²) in [7, 11) is 0. The number of rotatable bonds is 3. The van der Waals surface area contributed by atoms with Crippen molar-refractivity contribution in [2.75, 3.05) is 5.32 Å². The predicted octanol–water partition coefficient (Wildman–Crippen LogP) is 4.32. The Balaban J connectivity index is 1.96. The normalized spacial score (nSPS) is 10.3. The van der Waals surface area contributed by atoms with Crippen LogP contribution in [0.5, 0.6) is 0 Å². The summed E-state index contributed by atoms with van der Waals surface area (Å²) in [6.07, 6.45) is 0. The van der Waals surface area contributed by atoms with E-state index in [4.69, 9.17) is 11.6 Å². The van der Waals surface area contributed by atoms with Crippen LogP contribution in [0.3, 0.4) is 0 Å². The van der Waals surface area contributed by atoms with E-state index < -0.39 is 0 Å². The molecule has 0 atom stereocenters. The third kappa shape index (κ3) is 2.98. The molecule has 0 radical (unpaired) electrons. The first-order valence-corrected chi connectivity index (χ1v) is 6.03. The quantitative estimate of drug-likeness (QED) is 0.838. The number of thiophene rings is 1. The highest BCUT2D eigenvalue weighted by Crippen LogP contribution is 2.20. The molecule has 15 heavy (non-hydrogen) atoms. The van der Waals surface area contributed by atoms with Gasteiger partial charge in [0.1, 0.15) is 0 Å². The molecule has 1 aromatic heterocycles. The minimum Gasteiger partial charge on any atom is -0.380 e. The molecule has 0 aliphatic carbocycles. The molecule has 3 heteroatoms. The highest BCUT2D eigenvalue weighted by Gasteiger charge is 1.97. The first-order chi connectivity index (χ1) is 7.24. The van der Waals surface area contributed by atoms with Gasteiger partial charge >= 0.3 is 0 Å². The van der Waals surface area contributed by atoms with Crippen LogP contribution in [0.1, 0.15) is 10.4 Å². The van der Waals surface area contributed by atoms with Crippen LogP contribution < -0.4 is 5.32 Å². The molecule has 0 amide bonds. The van der Waals surface area contributed by atoms with E-state index in [9.17, 15) is 0 Å². The number of aryl methyl sites for hydroxylation is 1. The predicted molar refractivity (Wildman–Crippen MR) is 67.8 cm³/mol. The number of anilines is 1. The van der Waals surface area contributed by atoms with Gasteiger partial charge in [-0.15, -0.1) is 11.3 Å². The summed E-state index contributed by atoms with van der Waals surface area (Å²) in [5, 5.41) is 6.13. The molecule has 0 bridgehead atoms. The van der Waals surface area contributed by atoms with E-state index in [0.29, 0.717) is 0 Å². The maximum atomic E-state index is 5.85. The number of halogens is 1. The van der Waals surface area contributed by atoms with Crippen LogP contribution in [0.4, 0.5) is 5.69 Å². The van der Waals surface area contributed by atoms with Crippen LogP contribution in [0.2, 0.25) is 5.02 Å². The molecule has 0 aliphatic rings. The van der Waals surface area contributed by atoms with Gasteiger partial charge in [0, 0.05) is 22.5 Å². The summed E-state index contributed by atoms with van der Waals surface area (Å²) >= 11 is 7.52. The highest BCUT2D eigenvalue weighted by molar-refractivity contribution is 7.10. The van der Waals surface area contributed by atoms with E-state index in [1.165, 1.54) is 10.4 Å². The average Bonchev–Trinajstić information content (AvgIpc) is 2.64. The van der Waals surface area contributed by atoms with Gasteiger partial charge in [-0.3, -0.25) is 0 Å². The van der Waals surface area contributed by atoms with Gasteiger partial charge in [0.2, 0.25) is 0 Å². The lowest BCUT2D eigenvalue weighted by molar-refractivity contribution is 1.19. The monoisotopic (exact) mass is 237 g/mol. The fourth-order valence-corrected chi connectivity index (χ4v) is 2.32. The van der Waals surface area contributed by atoms with Crippen LogP contribution in [0.25, 0.3) is 0 Å².